The van der Waals surface area contributed by atoms with E-state index in [4.69, 9.17) is 0 Å². The van der Waals surface area contributed by atoms with Crippen LogP contribution in [0.1, 0.15) is 26.3 Å². The van der Waals surface area contributed by atoms with Crippen molar-refractivity contribution in [3.05, 3.63) is 71.4 Å². The molecule has 0 bridgehead atoms. The molecular weight excluding hydrogens is 387 g/mol. The number of rotatable bonds is 5. The Morgan fingerprint density at radius 2 is 1.66 bits per heavy atom. The fourth-order valence-corrected chi connectivity index (χ4v) is 2.81. The third-order valence-electron chi connectivity index (χ3n) is 4.18. The van der Waals surface area contributed by atoms with E-state index in [1.54, 1.807) is 6.20 Å². The van der Waals surface area contributed by atoms with Crippen molar-refractivity contribution in [1.82, 2.24) is 15.4 Å². The summed E-state index contributed by atoms with van der Waals surface area (Å²) in [4.78, 5) is 24.6. The van der Waals surface area contributed by atoms with Crippen molar-refractivity contribution >= 4 is 22.7 Å². The van der Waals surface area contributed by atoms with E-state index in [1.165, 1.54) is 24.3 Å². The highest BCUT2D eigenvalue weighted by atomic mass is 19.4. The molecule has 29 heavy (non-hydrogen) atoms. The Morgan fingerprint density at radius 3 is 2.34 bits per heavy atom. The average Bonchev–Trinajstić information content (AvgIpc) is 3.02. The summed E-state index contributed by atoms with van der Waals surface area (Å²) < 4.78 is 42.6. The van der Waals surface area contributed by atoms with Gasteiger partial charge in [0.05, 0.1) is 12.2 Å². The number of carbonyl (C=O) groups excluding carboxylic acids is 2. The highest BCUT2D eigenvalue weighted by Gasteiger charge is 2.27. The number of nitrogens with zero attached hydrogens (tertiary/aromatic N) is 1. The number of fused-ring (bicyclic) bond motifs is 1. The number of hydrogen-bond acceptors (Lipinski definition) is 3. The van der Waals surface area contributed by atoms with Crippen molar-refractivity contribution in [3.8, 4) is 0 Å². The number of carbonyl (C=O) groups is 2. The Morgan fingerprint density at radius 1 is 1.00 bits per heavy atom. The molecule has 2 N–H and O–H groups in total. The van der Waals surface area contributed by atoms with Crippen LogP contribution in [0, 0.1) is 0 Å². The summed E-state index contributed by atoms with van der Waals surface area (Å²) in [5.74, 6) is -1.02. The summed E-state index contributed by atoms with van der Waals surface area (Å²) in [7, 11) is 1.82. The largest absolute Gasteiger partial charge is 0.411 e. The van der Waals surface area contributed by atoms with Crippen LogP contribution in [0.2, 0.25) is 0 Å². The van der Waals surface area contributed by atoms with Gasteiger partial charge in [-0.15, -0.1) is 0 Å². The maximum absolute atomic E-state index is 12.4. The van der Waals surface area contributed by atoms with Crippen molar-refractivity contribution in [2.45, 2.75) is 12.8 Å². The number of alkyl halides is 3. The molecule has 1 heterocycles. The monoisotopic (exact) mass is 405 g/mol. The van der Waals surface area contributed by atoms with Crippen LogP contribution in [0.3, 0.4) is 0 Å². The third kappa shape index (κ3) is 5.14. The average molecular weight is 405 g/mol. The summed E-state index contributed by atoms with van der Waals surface area (Å²) in [6.07, 6.45) is -2.72. The molecule has 152 valence electrons. The highest BCUT2D eigenvalue weighted by molar-refractivity contribution is 6.07. The van der Waals surface area contributed by atoms with Crippen LogP contribution in [-0.2, 0) is 18.4 Å². The van der Waals surface area contributed by atoms with Crippen LogP contribution in [0.15, 0.2) is 54.7 Å². The van der Waals surface area contributed by atoms with Crippen molar-refractivity contribution in [2.75, 3.05) is 6.61 Å². The van der Waals surface area contributed by atoms with Crippen LogP contribution in [0.5, 0.6) is 0 Å². The zero-order valence-electron chi connectivity index (χ0n) is 15.4. The lowest BCUT2D eigenvalue weighted by molar-refractivity contribution is -0.176. The van der Waals surface area contributed by atoms with Gasteiger partial charge in [0, 0.05) is 29.7 Å². The number of hydrogen-bond donors (Lipinski definition) is 2. The molecule has 0 radical (unpaired) electrons. The first-order chi connectivity index (χ1) is 13.7. The number of aromatic nitrogens is 1. The molecule has 0 fully saturated rings. The minimum atomic E-state index is -4.39. The second kappa shape index (κ2) is 8.36. The first-order valence-electron chi connectivity index (χ1n) is 8.63. The molecule has 2 amide bonds. The van der Waals surface area contributed by atoms with Crippen molar-refractivity contribution < 1.29 is 27.5 Å². The summed E-state index contributed by atoms with van der Waals surface area (Å²) in [5, 5.41) is 0.755. The van der Waals surface area contributed by atoms with Crippen LogP contribution in [0.25, 0.3) is 10.9 Å². The molecule has 3 rings (SSSR count). The lowest BCUT2D eigenvalue weighted by Gasteiger charge is -2.09. The summed E-state index contributed by atoms with van der Waals surface area (Å²) in [6, 6.07) is 13.2. The molecule has 9 heteroatoms. The van der Waals surface area contributed by atoms with Gasteiger partial charge in [0.2, 0.25) is 0 Å². The minimum Gasteiger partial charge on any atom is -0.367 e. The maximum Gasteiger partial charge on any atom is 0.411 e. The molecule has 0 aliphatic rings. The Bertz CT molecular complexity index is 1030. The van der Waals surface area contributed by atoms with E-state index in [1.807, 2.05) is 35.9 Å². The van der Waals surface area contributed by atoms with E-state index >= 15 is 0 Å². The number of hydrazine groups is 1. The van der Waals surface area contributed by atoms with Crippen LogP contribution in [0.4, 0.5) is 13.2 Å². The Balaban J connectivity index is 1.57. The van der Waals surface area contributed by atoms with E-state index in [0.29, 0.717) is 11.1 Å². The van der Waals surface area contributed by atoms with Crippen LogP contribution < -0.4 is 10.9 Å². The molecule has 0 aliphatic heterocycles. The maximum atomic E-state index is 12.4. The fourth-order valence-electron chi connectivity index (χ4n) is 2.81. The quantitative estimate of drug-likeness (QED) is 0.640. The number of amides is 2. The van der Waals surface area contributed by atoms with Gasteiger partial charge >= 0.3 is 6.18 Å². The first kappa shape index (κ1) is 20.4. The Kier molecular flexibility index (Phi) is 5.88. The molecule has 6 nitrogen and oxygen atoms in total. The van der Waals surface area contributed by atoms with E-state index in [0.717, 1.165) is 10.9 Å². The topological polar surface area (TPSA) is 72.4 Å². The van der Waals surface area contributed by atoms with Gasteiger partial charge in [-0.3, -0.25) is 20.4 Å². The van der Waals surface area contributed by atoms with Gasteiger partial charge in [-0.2, -0.15) is 13.2 Å². The second-order valence-electron chi connectivity index (χ2n) is 6.38. The minimum absolute atomic E-state index is 0.223. The van der Waals surface area contributed by atoms with Gasteiger partial charge in [-0.05, 0) is 23.8 Å². The molecule has 0 aliphatic carbocycles. The van der Waals surface area contributed by atoms with Gasteiger partial charge in [-0.1, -0.05) is 30.3 Å². The zero-order chi connectivity index (χ0) is 21.0. The molecule has 1 aromatic heterocycles. The van der Waals surface area contributed by atoms with Gasteiger partial charge in [0.15, 0.2) is 0 Å². The number of aryl methyl sites for hydroxylation is 1. The smallest absolute Gasteiger partial charge is 0.367 e. The lowest BCUT2D eigenvalue weighted by atomic mass is 10.1. The fraction of sp³-hybridized carbons (Fsp3) is 0.200. The number of nitrogens with one attached hydrogen (secondary N) is 2. The van der Waals surface area contributed by atoms with E-state index < -0.39 is 24.6 Å². The zero-order valence-corrected chi connectivity index (χ0v) is 15.4. The molecule has 0 unspecified atom stereocenters. The Hall–Kier alpha value is -3.33. The standard InChI is InChI=1S/C20H18F3N3O3/c1-26-10-16(15-4-2-3-5-17(15)26)19(28)25-24-18(27)14-8-6-13(7-9-14)11-29-12-20(21,22)23/h2-10H,11-12H2,1H3,(H,24,27)(H,25,28). The lowest BCUT2D eigenvalue weighted by Crippen LogP contribution is -2.41. The van der Waals surface area contributed by atoms with Gasteiger partial charge in [0.25, 0.3) is 11.8 Å². The summed E-state index contributed by atoms with van der Waals surface area (Å²) in [5.41, 5.74) is 6.72. The van der Waals surface area contributed by atoms with E-state index in [9.17, 15) is 22.8 Å². The van der Waals surface area contributed by atoms with Crippen LogP contribution >= 0.6 is 0 Å². The SMILES string of the molecule is Cn1cc(C(=O)NNC(=O)c2ccc(COCC(F)(F)F)cc2)c2ccccc21. The molecule has 0 atom stereocenters. The molecule has 0 saturated carbocycles. The summed E-state index contributed by atoms with van der Waals surface area (Å²) >= 11 is 0. The number of ether oxygens (including phenoxy) is 1. The number of halogens is 3. The number of para-hydroxylation sites is 1. The van der Waals surface area contributed by atoms with E-state index in [-0.39, 0.29) is 12.2 Å². The van der Waals surface area contributed by atoms with Crippen molar-refractivity contribution in [1.29, 1.82) is 0 Å². The predicted molar refractivity (Wildman–Crippen MR) is 100 cm³/mol. The molecular formula is C20H18F3N3O3. The number of benzene rings is 2. The van der Waals surface area contributed by atoms with Crippen molar-refractivity contribution in [2.24, 2.45) is 7.05 Å². The van der Waals surface area contributed by atoms with Crippen LogP contribution in [-0.4, -0.2) is 29.2 Å². The normalized spacial score (nSPS) is 11.4. The van der Waals surface area contributed by atoms with Crippen molar-refractivity contribution in [3.63, 3.8) is 0 Å². The molecule has 2 aromatic carbocycles. The van der Waals surface area contributed by atoms with Gasteiger partial charge in [0.1, 0.15) is 6.61 Å². The second-order valence-corrected chi connectivity index (χ2v) is 6.38. The first-order valence-corrected chi connectivity index (χ1v) is 8.63. The third-order valence-corrected chi connectivity index (χ3v) is 4.18. The molecule has 3 aromatic rings. The van der Waals surface area contributed by atoms with E-state index in [2.05, 4.69) is 15.6 Å². The van der Waals surface area contributed by atoms with Gasteiger partial charge < -0.3 is 9.30 Å². The predicted octanol–water partition coefficient (Wildman–Crippen LogP) is 3.33. The summed E-state index contributed by atoms with van der Waals surface area (Å²) in [6.45, 7) is -1.56. The van der Waals surface area contributed by atoms with Gasteiger partial charge in [-0.25, -0.2) is 0 Å². The highest BCUT2D eigenvalue weighted by Crippen LogP contribution is 2.20. The molecule has 0 saturated heterocycles. The molecule has 0 spiro atoms. The Labute approximate surface area is 164 Å².